The summed E-state index contributed by atoms with van der Waals surface area (Å²) in [6.07, 6.45) is 12.8. The Kier molecular flexibility index (Phi) is 13.5. The topological polar surface area (TPSA) is 291 Å². The summed E-state index contributed by atoms with van der Waals surface area (Å²) in [5, 5.41) is 37.5. The molecule has 0 aromatic heterocycles. The van der Waals surface area contributed by atoms with Crippen molar-refractivity contribution in [2.24, 2.45) is 20.5 Å². The third-order valence-electron chi connectivity index (χ3n) is 7.75. The van der Waals surface area contributed by atoms with Gasteiger partial charge in [0.05, 0.1) is 21.2 Å². The molecular weight excluding hydrogens is 886 g/mol. The molecule has 21 heteroatoms. The number of allylic oxidation sites excluding steroid dienone is 14. The summed E-state index contributed by atoms with van der Waals surface area (Å²) < 4.78 is 63.3. The quantitative estimate of drug-likeness (QED) is 0.120. The summed E-state index contributed by atoms with van der Waals surface area (Å²) in [5.74, 6) is -0.851. The van der Waals surface area contributed by atoms with Crippen LogP contribution in [0.5, 0.6) is 0 Å². The molecule has 4 aliphatic carbocycles. The maximum Gasteiger partial charge on any atom is 2.00 e. The molecule has 2 aromatic carbocycles. The van der Waals surface area contributed by atoms with Crippen LogP contribution in [0.15, 0.2) is 151 Å². The molecule has 2 aromatic rings. The summed E-state index contributed by atoms with van der Waals surface area (Å²) >= 11 is 0. The van der Waals surface area contributed by atoms with Crippen molar-refractivity contribution in [1.82, 2.24) is 0 Å². The van der Waals surface area contributed by atoms with E-state index < -0.39 is 41.6 Å². The number of non-ortho nitro benzene ring substituents is 2. The average Bonchev–Trinajstić information content (AvgIpc) is 3.10. The molecular formula is C34H24BaN6O12S2. The molecule has 2 atom stereocenters. The Morgan fingerprint density at radius 1 is 0.582 bits per heavy atom. The van der Waals surface area contributed by atoms with Gasteiger partial charge >= 0.3 is 48.9 Å². The Bertz CT molecular complexity index is 2470. The van der Waals surface area contributed by atoms with Gasteiger partial charge in [0.15, 0.2) is 0 Å². The average molecular weight is 910 g/mol. The zero-order valence-electron chi connectivity index (χ0n) is 28.4. The van der Waals surface area contributed by atoms with Crippen LogP contribution >= 0.6 is 0 Å². The third-order valence-corrected chi connectivity index (χ3v) is 9.44. The summed E-state index contributed by atoms with van der Waals surface area (Å²) in [7, 11) is -8.75. The van der Waals surface area contributed by atoms with Gasteiger partial charge in [0.1, 0.15) is 11.4 Å². The summed E-state index contributed by atoms with van der Waals surface area (Å²) in [6, 6.07) is 8.08. The first-order valence-electron chi connectivity index (χ1n) is 15.1. The van der Waals surface area contributed by atoms with Gasteiger partial charge in [-0.25, -0.2) is 0 Å². The Balaban J connectivity index is 0.000000240. The van der Waals surface area contributed by atoms with Crippen molar-refractivity contribution >= 4 is 113 Å². The van der Waals surface area contributed by atoms with E-state index in [0.717, 1.165) is 12.2 Å². The van der Waals surface area contributed by atoms with E-state index in [1.807, 2.05) is 0 Å². The monoisotopic (exact) mass is 910 g/mol. The maximum atomic E-state index is 12.2. The zero-order valence-corrected chi connectivity index (χ0v) is 34.5. The van der Waals surface area contributed by atoms with E-state index in [-0.39, 0.29) is 81.4 Å². The van der Waals surface area contributed by atoms with E-state index in [0.29, 0.717) is 44.8 Å². The molecule has 0 saturated heterocycles. The number of hydrogen-bond donors (Lipinski definition) is 2. The van der Waals surface area contributed by atoms with Gasteiger partial charge in [-0.3, -0.25) is 38.2 Å². The summed E-state index contributed by atoms with van der Waals surface area (Å²) in [6.45, 7) is 3.25. The molecule has 0 heterocycles. The molecule has 0 saturated carbocycles. The van der Waals surface area contributed by atoms with Crippen LogP contribution < -0.4 is 0 Å². The third kappa shape index (κ3) is 10.3. The zero-order chi connectivity index (χ0) is 39.5. The minimum absolute atomic E-state index is 0. The Morgan fingerprint density at radius 3 is 1.25 bits per heavy atom. The van der Waals surface area contributed by atoms with Gasteiger partial charge in [-0.1, -0.05) is 24.3 Å². The van der Waals surface area contributed by atoms with Crippen LogP contribution in [0.1, 0.15) is 11.1 Å². The molecule has 2 unspecified atom stereocenters. The summed E-state index contributed by atoms with van der Waals surface area (Å²) in [5.41, 5.74) is 3.04. The number of carbonyl (C=O) groups excluding carboxylic acids is 2. The summed E-state index contributed by atoms with van der Waals surface area (Å²) in [4.78, 5) is 44.2. The number of nitrogens with zero attached hydrogens (tertiary/aromatic N) is 6. The second-order valence-electron chi connectivity index (χ2n) is 11.4. The second kappa shape index (κ2) is 17.3. The second-order valence-corrected chi connectivity index (χ2v) is 14.2. The van der Waals surface area contributed by atoms with Crippen LogP contribution in [-0.4, -0.2) is 107 Å². The molecule has 0 spiro atoms. The number of azo groups is 2. The fraction of sp³-hybridized carbons (Fsp3) is 0.0588. The molecule has 0 aliphatic heterocycles. The van der Waals surface area contributed by atoms with Crippen molar-refractivity contribution in [3.63, 3.8) is 0 Å². The smallest absolute Gasteiger partial charge is 0.757 e. The standard InChI is InChI=1S/2C17H13N3O6S.Ba/c2*1-10-8-12(20(22)23)3-6-15(10)18-19-17-14-5-4-13(27(24,25)26)9-11(14)2-7-16(17)21;/h2*2-9H,1H3,(H2,24,25,26);/q;;+2/p-2. The van der Waals surface area contributed by atoms with Crippen molar-refractivity contribution in [2.45, 2.75) is 13.8 Å². The molecule has 0 bridgehead atoms. The fourth-order valence-electron chi connectivity index (χ4n) is 5.01. The number of benzene rings is 2. The van der Waals surface area contributed by atoms with Crippen molar-refractivity contribution in [1.29, 1.82) is 0 Å². The fourth-order valence-corrected chi connectivity index (χ4v) is 6.04. The molecule has 2 N–H and O–H groups in total. The van der Waals surface area contributed by atoms with Crippen LogP contribution in [0.2, 0.25) is 0 Å². The molecule has 4 aliphatic rings. The first-order valence-corrected chi connectivity index (χ1v) is 18.0. The molecule has 0 fully saturated rings. The molecule has 6 rings (SSSR count). The number of hydrogen-bond acceptors (Lipinski definition) is 14. The Labute approximate surface area is 352 Å². The van der Waals surface area contributed by atoms with Crippen molar-refractivity contribution < 1.29 is 46.1 Å². The van der Waals surface area contributed by atoms with Crippen molar-refractivity contribution in [2.75, 3.05) is 0 Å². The molecule has 276 valence electrons. The van der Waals surface area contributed by atoms with Crippen molar-refractivity contribution in [3.8, 4) is 0 Å². The first-order chi connectivity index (χ1) is 25.3. The minimum atomic E-state index is -4.38. The van der Waals surface area contributed by atoms with Gasteiger partial charge in [0, 0.05) is 65.3 Å². The SMILES string of the molecule is Cc1cc([N+](=O)[O-])ccc1N=NC1=C2C=CC(=S(=O)([O-])O)C=C2C=CC1=O.Cc1cc([N+](=O)[O-])ccc1N=NC1=C2C=CC(=S(=O)([O-])O)C=C2C=CC1=O.[Ba+2]. The number of rotatable bonds is 6. The number of aryl methyl sites for hydroxylation is 2. The van der Waals surface area contributed by atoms with E-state index in [1.165, 1.54) is 85.0 Å². The van der Waals surface area contributed by atoms with E-state index >= 15 is 0 Å². The number of fused-ring (bicyclic) bond motifs is 2. The predicted octanol–water partition coefficient (Wildman–Crippen LogP) is 5.49. The normalized spacial score (nSPS) is 18.2. The largest absolute Gasteiger partial charge is 2.00 e. The van der Waals surface area contributed by atoms with Crippen LogP contribution in [0.4, 0.5) is 22.7 Å². The van der Waals surface area contributed by atoms with Gasteiger partial charge in [0.2, 0.25) is 11.6 Å². The van der Waals surface area contributed by atoms with Crippen LogP contribution in [0.3, 0.4) is 0 Å². The number of nitro groups is 2. The molecule has 0 amide bonds. The number of nitro benzene ring substituents is 2. The minimum Gasteiger partial charge on any atom is -0.757 e. The van der Waals surface area contributed by atoms with Crippen LogP contribution in [0.25, 0.3) is 0 Å². The van der Waals surface area contributed by atoms with Gasteiger partial charge in [-0.2, -0.15) is 10.2 Å². The number of ketones is 2. The number of carbonyl (C=O) groups is 2. The van der Waals surface area contributed by atoms with E-state index in [9.17, 15) is 47.3 Å². The first kappa shape index (κ1) is 42.9. The van der Waals surface area contributed by atoms with Crippen LogP contribution in [-0.2, 0) is 29.8 Å². The predicted molar refractivity (Wildman–Crippen MR) is 200 cm³/mol. The Hall–Kier alpha value is -4.85. The molecule has 18 nitrogen and oxygen atoms in total. The van der Waals surface area contributed by atoms with Gasteiger partial charge < -0.3 is 18.2 Å². The van der Waals surface area contributed by atoms with Gasteiger partial charge in [-0.15, -0.1) is 10.2 Å². The van der Waals surface area contributed by atoms with Crippen LogP contribution in [0, 0.1) is 34.1 Å². The Morgan fingerprint density at radius 2 is 0.945 bits per heavy atom. The van der Waals surface area contributed by atoms with E-state index in [1.54, 1.807) is 13.8 Å². The molecule has 0 radical (unpaired) electrons. The molecule has 55 heavy (non-hydrogen) atoms. The maximum absolute atomic E-state index is 12.2. The van der Waals surface area contributed by atoms with E-state index in [2.05, 4.69) is 20.5 Å². The van der Waals surface area contributed by atoms with E-state index in [4.69, 9.17) is 9.11 Å². The van der Waals surface area contributed by atoms with Gasteiger partial charge in [-0.05, 0) is 84.7 Å². The van der Waals surface area contributed by atoms with Gasteiger partial charge in [0.25, 0.3) is 11.4 Å². The van der Waals surface area contributed by atoms with Crippen molar-refractivity contribution in [3.05, 3.63) is 162 Å².